The van der Waals surface area contributed by atoms with Gasteiger partial charge in [-0.25, -0.2) is 0 Å². The van der Waals surface area contributed by atoms with Gasteiger partial charge < -0.3 is 10.0 Å². The van der Waals surface area contributed by atoms with Crippen LogP contribution in [0, 0.1) is 0 Å². The average Bonchev–Trinajstić information content (AvgIpc) is 2.90. The number of aliphatic hydroxyl groups excluding tert-OH is 1. The third-order valence-electron chi connectivity index (χ3n) is 3.61. The van der Waals surface area contributed by atoms with E-state index in [4.69, 9.17) is 5.11 Å². The van der Waals surface area contributed by atoms with Gasteiger partial charge in [0.25, 0.3) is 0 Å². The summed E-state index contributed by atoms with van der Waals surface area (Å²) >= 11 is 1.78. The van der Waals surface area contributed by atoms with Crippen molar-refractivity contribution in [1.29, 1.82) is 0 Å². The lowest BCUT2D eigenvalue weighted by molar-refractivity contribution is 0.0973. The molecule has 1 fully saturated rings. The molecule has 0 radical (unpaired) electrons. The summed E-state index contributed by atoms with van der Waals surface area (Å²) in [7, 11) is 0. The SMILES string of the molecule is C[C@H](c1ccsc1)N1CCN(CCCO)CC1. The Balaban J connectivity index is 1.79. The van der Waals surface area contributed by atoms with Crippen LogP contribution in [0.5, 0.6) is 0 Å². The summed E-state index contributed by atoms with van der Waals surface area (Å²) in [6.07, 6.45) is 0.903. The lowest BCUT2D eigenvalue weighted by Crippen LogP contribution is -2.47. The monoisotopic (exact) mass is 254 g/mol. The Hall–Kier alpha value is -0.420. The Morgan fingerprint density at radius 3 is 2.71 bits per heavy atom. The fourth-order valence-electron chi connectivity index (χ4n) is 2.39. The van der Waals surface area contributed by atoms with Gasteiger partial charge >= 0.3 is 0 Å². The van der Waals surface area contributed by atoms with Crippen molar-refractivity contribution in [2.24, 2.45) is 0 Å². The van der Waals surface area contributed by atoms with Crippen LogP contribution in [0.15, 0.2) is 16.8 Å². The molecule has 0 unspecified atom stereocenters. The molecule has 2 heterocycles. The molecule has 3 nitrogen and oxygen atoms in total. The molecule has 0 amide bonds. The van der Waals surface area contributed by atoms with Crippen molar-refractivity contribution in [3.8, 4) is 0 Å². The van der Waals surface area contributed by atoms with Crippen LogP contribution in [0.3, 0.4) is 0 Å². The van der Waals surface area contributed by atoms with Crippen molar-refractivity contribution in [3.63, 3.8) is 0 Å². The molecule has 0 saturated carbocycles. The van der Waals surface area contributed by atoms with Gasteiger partial charge in [0.15, 0.2) is 0 Å². The minimum absolute atomic E-state index is 0.311. The van der Waals surface area contributed by atoms with E-state index in [2.05, 4.69) is 33.6 Å². The summed E-state index contributed by atoms with van der Waals surface area (Å²) in [4.78, 5) is 5.00. The first-order chi connectivity index (χ1) is 8.31. The summed E-state index contributed by atoms with van der Waals surface area (Å²) < 4.78 is 0. The largest absolute Gasteiger partial charge is 0.396 e. The van der Waals surface area contributed by atoms with E-state index >= 15 is 0 Å². The highest BCUT2D eigenvalue weighted by Crippen LogP contribution is 2.23. The molecular weight excluding hydrogens is 232 g/mol. The number of hydrogen-bond acceptors (Lipinski definition) is 4. The number of aliphatic hydroxyl groups is 1. The minimum atomic E-state index is 0.311. The molecule has 17 heavy (non-hydrogen) atoms. The van der Waals surface area contributed by atoms with E-state index in [9.17, 15) is 0 Å². The summed E-state index contributed by atoms with van der Waals surface area (Å²) in [6, 6.07) is 2.77. The second-order valence-electron chi connectivity index (χ2n) is 4.69. The van der Waals surface area contributed by atoms with E-state index < -0.39 is 0 Å². The van der Waals surface area contributed by atoms with Crippen LogP contribution in [0.4, 0.5) is 0 Å². The zero-order valence-corrected chi connectivity index (χ0v) is 11.3. The lowest BCUT2D eigenvalue weighted by atomic mass is 10.1. The zero-order valence-electron chi connectivity index (χ0n) is 10.5. The Labute approximate surface area is 108 Å². The number of nitrogens with zero attached hydrogens (tertiary/aromatic N) is 2. The summed E-state index contributed by atoms with van der Waals surface area (Å²) in [5.74, 6) is 0. The fourth-order valence-corrected chi connectivity index (χ4v) is 3.14. The van der Waals surface area contributed by atoms with Gasteiger partial charge in [-0.15, -0.1) is 0 Å². The van der Waals surface area contributed by atoms with Gasteiger partial charge in [0.2, 0.25) is 0 Å². The zero-order chi connectivity index (χ0) is 12.1. The average molecular weight is 254 g/mol. The summed E-state index contributed by atoms with van der Waals surface area (Å²) in [5.41, 5.74) is 1.44. The normalized spacial score (nSPS) is 20.6. The van der Waals surface area contributed by atoms with Crippen molar-refractivity contribution in [2.45, 2.75) is 19.4 Å². The highest BCUT2D eigenvalue weighted by atomic mass is 32.1. The number of rotatable bonds is 5. The van der Waals surface area contributed by atoms with Crippen molar-refractivity contribution < 1.29 is 5.11 Å². The molecule has 4 heteroatoms. The molecule has 1 N–H and O–H groups in total. The van der Waals surface area contributed by atoms with Crippen molar-refractivity contribution in [3.05, 3.63) is 22.4 Å². The van der Waals surface area contributed by atoms with E-state index in [1.165, 1.54) is 5.56 Å². The van der Waals surface area contributed by atoms with Crippen LogP contribution in [0.1, 0.15) is 24.9 Å². The molecule has 96 valence electrons. The molecule has 1 aliphatic rings. The number of hydrogen-bond donors (Lipinski definition) is 1. The molecule has 0 aliphatic carbocycles. The molecule has 1 atom stereocenters. The number of piperazine rings is 1. The number of thiophene rings is 1. The summed E-state index contributed by atoms with van der Waals surface area (Å²) in [5, 5.41) is 13.2. The van der Waals surface area contributed by atoms with Gasteiger partial charge in [0.05, 0.1) is 0 Å². The second kappa shape index (κ2) is 6.50. The van der Waals surface area contributed by atoms with E-state index in [1.54, 1.807) is 11.3 Å². The molecule has 0 bridgehead atoms. The first-order valence-corrected chi connectivity index (χ1v) is 7.35. The topological polar surface area (TPSA) is 26.7 Å². The standard InChI is InChI=1S/C13H22N2OS/c1-12(13-3-10-17-11-13)15-7-5-14(6-8-15)4-2-9-16/h3,10-12,16H,2,4-9H2,1H3/t12-/m1/s1. The molecule has 1 saturated heterocycles. The maximum atomic E-state index is 8.83. The first-order valence-electron chi connectivity index (χ1n) is 6.40. The molecule has 1 aliphatic heterocycles. The fraction of sp³-hybridized carbons (Fsp3) is 0.692. The second-order valence-corrected chi connectivity index (χ2v) is 5.47. The third-order valence-corrected chi connectivity index (χ3v) is 4.31. The van der Waals surface area contributed by atoms with E-state index in [0.717, 1.165) is 39.1 Å². The minimum Gasteiger partial charge on any atom is -0.396 e. The third kappa shape index (κ3) is 3.52. The van der Waals surface area contributed by atoms with E-state index in [1.807, 2.05) is 0 Å². The van der Waals surface area contributed by atoms with Crippen LogP contribution in [-0.2, 0) is 0 Å². The van der Waals surface area contributed by atoms with Gasteiger partial charge in [-0.1, -0.05) is 0 Å². The quantitative estimate of drug-likeness (QED) is 0.868. The lowest BCUT2D eigenvalue weighted by Gasteiger charge is -2.37. The van der Waals surface area contributed by atoms with Gasteiger partial charge in [-0.2, -0.15) is 11.3 Å². The Bertz CT molecular complexity index is 307. The van der Waals surface area contributed by atoms with Crippen molar-refractivity contribution in [2.75, 3.05) is 39.3 Å². The van der Waals surface area contributed by atoms with Crippen molar-refractivity contribution >= 4 is 11.3 Å². The van der Waals surface area contributed by atoms with Crippen LogP contribution in [-0.4, -0.2) is 54.2 Å². The van der Waals surface area contributed by atoms with Gasteiger partial charge in [0.1, 0.15) is 0 Å². The Morgan fingerprint density at radius 2 is 2.12 bits per heavy atom. The summed E-state index contributed by atoms with van der Waals surface area (Å²) in [6.45, 7) is 8.20. The van der Waals surface area contributed by atoms with E-state index in [-0.39, 0.29) is 0 Å². The van der Waals surface area contributed by atoms with E-state index in [0.29, 0.717) is 12.6 Å². The van der Waals surface area contributed by atoms with Gasteiger partial charge in [-0.3, -0.25) is 4.90 Å². The van der Waals surface area contributed by atoms with Gasteiger partial charge in [0, 0.05) is 45.4 Å². The van der Waals surface area contributed by atoms with Crippen LogP contribution in [0.25, 0.3) is 0 Å². The Morgan fingerprint density at radius 1 is 1.35 bits per heavy atom. The Kier molecular flexibility index (Phi) is 4.98. The smallest absolute Gasteiger partial charge is 0.0443 e. The highest BCUT2D eigenvalue weighted by Gasteiger charge is 2.21. The molecule has 0 aromatic carbocycles. The van der Waals surface area contributed by atoms with Crippen LogP contribution in [0.2, 0.25) is 0 Å². The molecule has 2 rings (SSSR count). The predicted molar refractivity (Wildman–Crippen MR) is 72.4 cm³/mol. The molecule has 1 aromatic heterocycles. The van der Waals surface area contributed by atoms with Crippen LogP contribution < -0.4 is 0 Å². The molecular formula is C13H22N2OS. The molecule has 0 spiro atoms. The first kappa shape index (κ1) is 13.0. The van der Waals surface area contributed by atoms with Crippen LogP contribution >= 0.6 is 11.3 Å². The maximum absolute atomic E-state index is 8.83. The van der Waals surface area contributed by atoms with Crippen molar-refractivity contribution in [1.82, 2.24) is 9.80 Å². The van der Waals surface area contributed by atoms with Gasteiger partial charge in [-0.05, 0) is 35.7 Å². The predicted octanol–water partition coefficient (Wildman–Crippen LogP) is 1.81. The molecule has 1 aromatic rings. The maximum Gasteiger partial charge on any atom is 0.0443 e. The highest BCUT2D eigenvalue weighted by molar-refractivity contribution is 7.07.